The Morgan fingerprint density at radius 1 is 1.23 bits per heavy atom. The van der Waals surface area contributed by atoms with Gasteiger partial charge in [0.25, 0.3) is 11.6 Å². The molecule has 2 aromatic carbocycles. The van der Waals surface area contributed by atoms with Gasteiger partial charge in [0.1, 0.15) is 5.82 Å². The zero-order valence-corrected chi connectivity index (χ0v) is 13.0. The monoisotopic (exact) mass is 366 g/mol. The second kappa shape index (κ2) is 7.13. The third-order valence-electron chi connectivity index (χ3n) is 3.05. The molecule has 0 saturated heterocycles. The van der Waals surface area contributed by atoms with Crippen LogP contribution in [-0.4, -0.2) is 10.8 Å². The van der Waals surface area contributed by atoms with Crippen LogP contribution in [0.1, 0.15) is 21.5 Å². The molecule has 0 aromatic heterocycles. The SMILES string of the molecule is O=C(NCc1ccc(F)cc1)c1ccc(CBr)c([N+](=O)[O-])c1. The van der Waals surface area contributed by atoms with E-state index < -0.39 is 10.8 Å². The summed E-state index contributed by atoms with van der Waals surface area (Å²) in [6.45, 7) is 0.215. The van der Waals surface area contributed by atoms with Crippen molar-refractivity contribution in [3.05, 3.63) is 75.1 Å². The highest BCUT2D eigenvalue weighted by molar-refractivity contribution is 9.08. The number of nitrogens with zero attached hydrogens (tertiary/aromatic N) is 1. The molecule has 7 heteroatoms. The van der Waals surface area contributed by atoms with Crippen LogP contribution < -0.4 is 5.32 Å². The van der Waals surface area contributed by atoms with Crippen molar-refractivity contribution in [2.75, 3.05) is 0 Å². The molecule has 1 N–H and O–H groups in total. The Morgan fingerprint density at radius 2 is 1.91 bits per heavy atom. The predicted octanol–water partition coefficient (Wildman–Crippen LogP) is 3.56. The number of carbonyl (C=O) groups excluding carboxylic acids is 1. The molecule has 0 aliphatic heterocycles. The van der Waals surface area contributed by atoms with E-state index in [1.54, 1.807) is 18.2 Å². The van der Waals surface area contributed by atoms with Gasteiger partial charge in [0.15, 0.2) is 0 Å². The lowest BCUT2D eigenvalue weighted by atomic mass is 10.1. The van der Waals surface area contributed by atoms with E-state index in [2.05, 4.69) is 21.2 Å². The van der Waals surface area contributed by atoms with E-state index in [4.69, 9.17) is 0 Å². The molecule has 0 bridgehead atoms. The number of alkyl halides is 1. The fourth-order valence-electron chi connectivity index (χ4n) is 1.87. The van der Waals surface area contributed by atoms with E-state index in [-0.39, 0.29) is 23.6 Å². The van der Waals surface area contributed by atoms with E-state index in [0.29, 0.717) is 10.9 Å². The Kier molecular flexibility index (Phi) is 5.21. The number of carbonyl (C=O) groups is 1. The van der Waals surface area contributed by atoms with Crippen LogP contribution in [0.15, 0.2) is 42.5 Å². The van der Waals surface area contributed by atoms with Crippen LogP contribution in [0.2, 0.25) is 0 Å². The van der Waals surface area contributed by atoms with Crippen molar-refractivity contribution in [1.82, 2.24) is 5.32 Å². The smallest absolute Gasteiger partial charge is 0.274 e. The highest BCUT2D eigenvalue weighted by Gasteiger charge is 2.16. The topological polar surface area (TPSA) is 72.2 Å². The molecule has 0 atom stereocenters. The largest absolute Gasteiger partial charge is 0.348 e. The van der Waals surface area contributed by atoms with Gasteiger partial charge in [0.05, 0.1) is 4.92 Å². The third-order valence-corrected chi connectivity index (χ3v) is 3.66. The normalized spacial score (nSPS) is 10.3. The van der Waals surface area contributed by atoms with Gasteiger partial charge in [-0.25, -0.2) is 4.39 Å². The summed E-state index contributed by atoms with van der Waals surface area (Å²) in [7, 11) is 0. The molecule has 22 heavy (non-hydrogen) atoms. The van der Waals surface area contributed by atoms with Crippen molar-refractivity contribution >= 4 is 27.5 Å². The Labute approximate surface area is 134 Å². The van der Waals surface area contributed by atoms with Gasteiger partial charge in [-0.05, 0) is 23.8 Å². The lowest BCUT2D eigenvalue weighted by molar-refractivity contribution is -0.385. The molecular weight excluding hydrogens is 355 g/mol. The number of halogens is 2. The summed E-state index contributed by atoms with van der Waals surface area (Å²) in [4.78, 5) is 22.5. The molecule has 0 unspecified atom stereocenters. The molecule has 1 amide bonds. The van der Waals surface area contributed by atoms with E-state index in [9.17, 15) is 19.3 Å². The molecular formula is C15H12BrFN2O3. The predicted molar refractivity (Wildman–Crippen MR) is 83.3 cm³/mol. The molecule has 2 aromatic rings. The number of nitrogens with one attached hydrogen (secondary N) is 1. The molecule has 0 spiro atoms. The highest BCUT2D eigenvalue weighted by Crippen LogP contribution is 2.22. The molecule has 0 radical (unpaired) electrons. The fourth-order valence-corrected chi connectivity index (χ4v) is 2.35. The summed E-state index contributed by atoms with van der Waals surface area (Å²) in [5, 5.41) is 14.0. The number of nitro groups is 1. The molecule has 0 aliphatic carbocycles. The van der Waals surface area contributed by atoms with E-state index in [0.717, 1.165) is 5.56 Å². The van der Waals surface area contributed by atoms with Crippen LogP contribution in [0.25, 0.3) is 0 Å². The zero-order chi connectivity index (χ0) is 16.1. The average molecular weight is 367 g/mol. The first-order valence-corrected chi connectivity index (χ1v) is 7.49. The van der Waals surface area contributed by atoms with Crippen molar-refractivity contribution in [3.8, 4) is 0 Å². The van der Waals surface area contributed by atoms with Crippen molar-refractivity contribution in [3.63, 3.8) is 0 Å². The Morgan fingerprint density at radius 3 is 2.50 bits per heavy atom. The van der Waals surface area contributed by atoms with Crippen LogP contribution in [0.4, 0.5) is 10.1 Å². The number of rotatable bonds is 5. The Hall–Kier alpha value is -2.28. The second-order valence-corrected chi connectivity index (χ2v) is 5.10. The Balaban J connectivity index is 2.10. The highest BCUT2D eigenvalue weighted by atomic mass is 79.9. The first-order valence-electron chi connectivity index (χ1n) is 6.37. The molecule has 5 nitrogen and oxygen atoms in total. The minimum atomic E-state index is -0.520. The number of benzene rings is 2. The van der Waals surface area contributed by atoms with Crippen molar-refractivity contribution in [2.24, 2.45) is 0 Å². The van der Waals surface area contributed by atoms with Gasteiger partial charge in [0, 0.05) is 29.1 Å². The molecule has 0 fully saturated rings. The lowest BCUT2D eigenvalue weighted by Gasteiger charge is -2.07. The maximum atomic E-state index is 12.8. The van der Waals surface area contributed by atoms with Gasteiger partial charge in [-0.2, -0.15) is 0 Å². The molecule has 0 aliphatic rings. The summed E-state index contributed by atoms with van der Waals surface area (Å²) in [6, 6.07) is 10.0. The van der Waals surface area contributed by atoms with E-state index in [1.165, 1.54) is 24.3 Å². The number of hydrogen-bond acceptors (Lipinski definition) is 3. The van der Waals surface area contributed by atoms with Crippen LogP contribution in [0.5, 0.6) is 0 Å². The summed E-state index contributed by atoms with van der Waals surface area (Å²) in [6.07, 6.45) is 0. The van der Waals surface area contributed by atoms with Crippen LogP contribution in [0.3, 0.4) is 0 Å². The van der Waals surface area contributed by atoms with Crippen molar-refractivity contribution in [2.45, 2.75) is 11.9 Å². The Bertz CT molecular complexity index is 704. The van der Waals surface area contributed by atoms with E-state index in [1.807, 2.05) is 0 Å². The molecule has 114 valence electrons. The standard InChI is InChI=1S/C15H12BrFN2O3/c16-8-12-4-3-11(7-14(12)19(21)22)15(20)18-9-10-1-5-13(17)6-2-10/h1-7H,8-9H2,(H,18,20). The summed E-state index contributed by atoms with van der Waals surface area (Å²) >= 11 is 3.17. The first-order chi connectivity index (χ1) is 10.5. The molecule has 0 heterocycles. The maximum absolute atomic E-state index is 12.8. The van der Waals surface area contributed by atoms with Crippen molar-refractivity contribution in [1.29, 1.82) is 0 Å². The van der Waals surface area contributed by atoms with Crippen LogP contribution in [0, 0.1) is 15.9 Å². The lowest BCUT2D eigenvalue weighted by Crippen LogP contribution is -2.22. The van der Waals surface area contributed by atoms with Gasteiger partial charge in [-0.15, -0.1) is 0 Å². The third kappa shape index (κ3) is 3.88. The van der Waals surface area contributed by atoms with Gasteiger partial charge < -0.3 is 5.32 Å². The maximum Gasteiger partial charge on any atom is 0.274 e. The van der Waals surface area contributed by atoms with E-state index >= 15 is 0 Å². The minimum absolute atomic E-state index is 0.105. The fraction of sp³-hybridized carbons (Fsp3) is 0.133. The van der Waals surface area contributed by atoms with Crippen LogP contribution >= 0.6 is 15.9 Å². The average Bonchev–Trinajstić information content (AvgIpc) is 2.53. The van der Waals surface area contributed by atoms with Gasteiger partial charge >= 0.3 is 0 Å². The summed E-state index contributed by atoms with van der Waals surface area (Å²) < 4.78 is 12.8. The quantitative estimate of drug-likeness (QED) is 0.499. The molecule has 2 rings (SSSR count). The first kappa shape index (κ1) is 16.1. The zero-order valence-electron chi connectivity index (χ0n) is 11.4. The minimum Gasteiger partial charge on any atom is -0.348 e. The molecule has 0 saturated carbocycles. The second-order valence-electron chi connectivity index (χ2n) is 4.54. The van der Waals surface area contributed by atoms with Gasteiger partial charge in [-0.1, -0.05) is 34.1 Å². The van der Waals surface area contributed by atoms with Gasteiger partial charge in [-0.3, -0.25) is 14.9 Å². The van der Waals surface area contributed by atoms with Crippen LogP contribution in [-0.2, 0) is 11.9 Å². The number of hydrogen-bond donors (Lipinski definition) is 1. The van der Waals surface area contributed by atoms with Crippen molar-refractivity contribution < 1.29 is 14.1 Å². The summed E-state index contributed by atoms with van der Waals surface area (Å²) in [5.41, 5.74) is 1.34. The number of amides is 1. The summed E-state index contributed by atoms with van der Waals surface area (Å²) in [5.74, 6) is -0.774. The number of nitro benzene ring substituents is 1. The van der Waals surface area contributed by atoms with Gasteiger partial charge in [0.2, 0.25) is 0 Å².